The second-order valence-corrected chi connectivity index (χ2v) is 4.99. The number of amides is 1. The van der Waals surface area contributed by atoms with Crippen LogP contribution in [0, 0.1) is 6.92 Å². The minimum atomic E-state index is -0.356. The summed E-state index contributed by atoms with van der Waals surface area (Å²) in [7, 11) is 0. The third-order valence-electron chi connectivity index (χ3n) is 2.45. The first kappa shape index (κ1) is 14.5. The number of aliphatic hydroxyl groups excluding tert-OH is 1. The van der Waals surface area contributed by atoms with Gasteiger partial charge in [0, 0.05) is 16.1 Å². The number of nitrogens with zero attached hydrogens (tertiary/aromatic N) is 1. The van der Waals surface area contributed by atoms with Gasteiger partial charge in [-0.1, -0.05) is 21.1 Å². The smallest absolute Gasteiger partial charge is 0.263 e. The van der Waals surface area contributed by atoms with Gasteiger partial charge in [-0.2, -0.15) is 0 Å². The maximum Gasteiger partial charge on any atom is 0.263 e. The largest absolute Gasteiger partial charge is 0.483 e. The predicted octanol–water partition coefficient (Wildman–Crippen LogP) is 2.26. The van der Waals surface area contributed by atoms with Crippen LogP contribution < -0.4 is 10.1 Å². The minimum Gasteiger partial charge on any atom is -0.483 e. The van der Waals surface area contributed by atoms with Crippen molar-refractivity contribution < 1.29 is 19.2 Å². The van der Waals surface area contributed by atoms with Gasteiger partial charge in [-0.25, -0.2) is 0 Å². The molecular formula is C13H13BrN2O4. The molecule has 0 aliphatic heterocycles. The molecule has 0 spiro atoms. The molecule has 2 aromatic rings. The monoisotopic (exact) mass is 340 g/mol. The van der Waals surface area contributed by atoms with Gasteiger partial charge in [0.05, 0.1) is 6.61 Å². The lowest BCUT2D eigenvalue weighted by Gasteiger charge is -2.09. The molecule has 0 aliphatic carbocycles. The normalized spacial score (nSPS) is 10.3. The molecule has 0 radical (unpaired) electrons. The number of aromatic nitrogens is 1. The van der Waals surface area contributed by atoms with E-state index in [1.165, 1.54) is 0 Å². The lowest BCUT2D eigenvalue weighted by molar-refractivity contribution is -0.118. The number of carbonyl (C=O) groups is 1. The van der Waals surface area contributed by atoms with Crippen LogP contribution in [0.3, 0.4) is 0 Å². The highest BCUT2D eigenvalue weighted by Gasteiger charge is 2.09. The average Bonchev–Trinajstić information content (AvgIpc) is 2.82. The van der Waals surface area contributed by atoms with E-state index < -0.39 is 0 Å². The molecule has 0 saturated carbocycles. The Morgan fingerprint density at radius 2 is 2.30 bits per heavy atom. The molecule has 1 aromatic carbocycles. The van der Waals surface area contributed by atoms with E-state index in [1.807, 2.05) is 0 Å². The number of aryl methyl sites for hydroxylation is 1. The van der Waals surface area contributed by atoms with Crippen molar-refractivity contribution in [2.24, 2.45) is 0 Å². The number of hydrogen-bond donors (Lipinski definition) is 2. The zero-order chi connectivity index (χ0) is 14.5. The first-order valence-electron chi connectivity index (χ1n) is 5.83. The van der Waals surface area contributed by atoms with Gasteiger partial charge in [-0.3, -0.25) is 4.79 Å². The summed E-state index contributed by atoms with van der Waals surface area (Å²) < 4.78 is 11.0. The molecule has 6 nitrogen and oxygen atoms in total. The first-order valence-corrected chi connectivity index (χ1v) is 6.63. The van der Waals surface area contributed by atoms with Crippen LogP contribution in [-0.2, 0) is 11.4 Å². The molecule has 20 heavy (non-hydrogen) atoms. The van der Waals surface area contributed by atoms with E-state index >= 15 is 0 Å². The number of rotatable bonds is 5. The second-order valence-electron chi connectivity index (χ2n) is 4.07. The molecule has 1 amide bonds. The number of ether oxygens (including phenoxy) is 1. The maximum absolute atomic E-state index is 11.7. The van der Waals surface area contributed by atoms with Gasteiger partial charge in [-0.05, 0) is 25.1 Å². The molecule has 7 heteroatoms. The molecule has 2 N–H and O–H groups in total. The van der Waals surface area contributed by atoms with Crippen molar-refractivity contribution in [1.82, 2.24) is 5.16 Å². The summed E-state index contributed by atoms with van der Waals surface area (Å²) in [6.45, 7) is 1.38. The first-order chi connectivity index (χ1) is 9.58. The quantitative estimate of drug-likeness (QED) is 0.871. The number of aliphatic hydroxyl groups is 1. The Hall–Kier alpha value is -1.86. The van der Waals surface area contributed by atoms with Gasteiger partial charge in [-0.15, -0.1) is 0 Å². The molecule has 0 atom stereocenters. The topological polar surface area (TPSA) is 84.6 Å². The molecule has 0 aliphatic rings. The highest BCUT2D eigenvalue weighted by molar-refractivity contribution is 9.10. The zero-order valence-electron chi connectivity index (χ0n) is 10.7. The molecule has 0 unspecified atom stereocenters. The number of halogens is 1. The number of anilines is 1. The lowest BCUT2D eigenvalue weighted by atomic mass is 10.2. The van der Waals surface area contributed by atoms with Gasteiger partial charge in [0.25, 0.3) is 5.91 Å². The lowest BCUT2D eigenvalue weighted by Crippen LogP contribution is -2.20. The fraction of sp³-hybridized carbons (Fsp3) is 0.231. The molecule has 1 aromatic heterocycles. The zero-order valence-corrected chi connectivity index (χ0v) is 12.3. The summed E-state index contributed by atoms with van der Waals surface area (Å²) in [4.78, 5) is 11.7. The standard InChI is InChI=1S/C13H13BrN2O4/c1-8-4-12(16-20-8)15-13(18)7-19-11-3-2-10(14)5-9(11)6-17/h2-5,17H,6-7H2,1H3,(H,15,16,18). The van der Waals surface area contributed by atoms with Crippen molar-refractivity contribution in [1.29, 1.82) is 0 Å². The third-order valence-corrected chi connectivity index (χ3v) is 2.94. The number of carbonyl (C=O) groups excluding carboxylic acids is 1. The Kier molecular flexibility index (Phi) is 4.75. The van der Waals surface area contributed by atoms with Crippen LogP contribution in [-0.4, -0.2) is 22.8 Å². The fourth-order valence-electron chi connectivity index (χ4n) is 1.56. The van der Waals surface area contributed by atoms with Gasteiger partial charge >= 0.3 is 0 Å². The summed E-state index contributed by atoms with van der Waals surface area (Å²) in [6, 6.07) is 6.79. The van der Waals surface area contributed by atoms with E-state index in [0.717, 1.165) is 4.47 Å². The Morgan fingerprint density at radius 3 is 2.95 bits per heavy atom. The van der Waals surface area contributed by atoms with Gasteiger partial charge in [0.2, 0.25) is 0 Å². The van der Waals surface area contributed by atoms with E-state index in [9.17, 15) is 9.90 Å². The fourth-order valence-corrected chi connectivity index (χ4v) is 1.97. The predicted molar refractivity (Wildman–Crippen MR) is 75.4 cm³/mol. The second kappa shape index (κ2) is 6.53. The van der Waals surface area contributed by atoms with Crippen LogP contribution in [0.1, 0.15) is 11.3 Å². The van der Waals surface area contributed by atoms with Crippen LogP contribution in [0.5, 0.6) is 5.75 Å². The van der Waals surface area contributed by atoms with Gasteiger partial charge in [0.1, 0.15) is 11.5 Å². The summed E-state index contributed by atoms with van der Waals surface area (Å²) in [5, 5.41) is 15.4. The SMILES string of the molecule is Cc1cc(NC(=O)COc2ccc(Br)cc2CO)no1. The Bertz CT molecular complexity index is 612. The van der Waals surface area contributed by atoms with Gasteiger partial charge < -0.3 is 19.7 Å². The van der Waals surface area contributed by atoms with Gasteiger partial charge in [0.15, 0.2) is 12.4 Å². The van der Waals surface area contributed by atoms with E-state index in [2.05, 4.69) is 26.4 Å². The van der Waals surface area contributed by atoms with E-state index in [0.29, 0.717) is 22.9 Å². The van der Waals surface area contributed by atoms with Crippen LogP contribution >= 0.6 is 15.9 Å². The van der Waals surface area contributed by atoms with Crippen molar-refractivity contribution >= 4 is 27.7 Å². The summed E-state index contributed by atoms with van der Waals surface area (Å²) >= 11 is 3.30. The van der Waals surface area contributed by atoms with Crippen LogP contribution in [0.2, 0.25) is 0 Å². The van der Waals surface area contributed by atoms with E-state index in [1.54, 1.807) is 31.2 Å². The summed E-state index contributed by atoms with van der Waals surface area (Å²) in [6.07, 6.45) is 0. The third kappa shape index (κ3) is 3.82. The highest BCUT2D eigenvalue weighted by atomic mass is 79.9. The summed E-state index contributed by atoms with van der Waals surface area (Å²) in [5.41, 5.74) is 0.601. The molecule has 1 heterocycles. The molecule has 0 bridgehead atoms. The Balaban J connectivity index is 1.93. The van der Waals surface area contributed by atoms with Crippen molar-refractivity contribution in [3.63, 3.8) is 0 Å². The van der Waals surface area contributed by atoms with Crippen LogP contribution in [0.15, 0.2) is 33.3 Å². The van der Waals surface area contributed by atoms with Crippen molar-refractivity contribution in [3.8, 4) is 5.75 Å². The Morgan fingerprint density at radius 1 is 1.50 bits per heavy atom. The molecule has 106 valence electrons. The molecule has 0 saturated heterocycles. The van der Waals surface area contributed by atoms with Crippen molar-refractivity contribution in [2.45, 2.75) is 13.5 Å². The molecular weight excluding hydrogens is 328 g/mol. The number of nitrogens with one attached hydrogen (secondary N) is 1. The van der Waals surface area contributed by atoms with E-state index in [4.69, 9.17) is 9.26 Å². The molecule has 0 fully saturated rings. The Labute approximate surface area is 123 Å². The van der Waals surface area contributed by atoms with Crippen LogP contribution in [0.25, 0.3) is 0 Å². The highest BCUT2D eigenvalue weighted by Crippen LogP contribution is 2.23. The summed E-state index contributed by atoms with van der Waals surface area (Å²) in [5.74, 6) is 1.05. The average molecular weight is 341 g/mol. The number of benzene rings is 1. The molecule has 2 rings (SSSR count). The van der Waals surface area contributed by atoms with Crippen LogP contribution in [0.4, 0.5) is 5.82 Å². The number of hydrogen-bond acceptors (Lipinski definition) is 5. The minimum absolute atomic E-state index is 0.168. The van der Waals surface area contributed by atoms with E-state index in [-0.39, 0.29) is 19.1 Å². The van der Waals surface area contributed by atoms with Crippen molar-refractivity contribution in [3.05, 3.63) is 40.1 Å². The maximum atomic E-state index is 11.7. The van der Waals surface area contributed by atoms with Crippen molar-refractivity contribution in [2.75, 3.05) is 11.9 Å².